The Balaban J connectivity index is 2.47. The van der Waals surface area contributed by atoms with Gasteiger partial charge in [-0.3, -0.25) is 19.8 Å². The van der Waals surface area contributed by atoms with E-state index in [1.54, 1.807) is 24.8 Å². The zero-order valence-corrected chi connectivity index (χ0v) is 12.1. The number of carbonyl (C=O) groups is 2. The van der Waals surface area contributed by atoms with Crippen molar-refractivity contribution in [2.24, 2.45) is 0 Å². The van der Waals surface area contributed by atoms with Gasteiger partial charge in [-0.15, -0.1) is 0 Å². The summed E-state index contributed by atoms with van der Waals surface area (Å²) in [5, 5.41) is 6.28. The van der Waals surface area contributed by atoms with Crippen LogP contribution in [0.25, 0.3) is 0 Å². The maximum absolute atomic E-state index is 11.9. The van der Waals surface area contributed by atoms with Gasteiger partial charge in [-0.1, -0.05) is 12.1 Å². The van der Waals surface area contributed by atoms with Crippen LogP contribution in [0.4, 0.5) is 5.88 Å². The highest BCUT2D eigenvalue weighted by atomic mass is 16.5. The molecule has 0 radical (unpaired) electrons. The van der Waals surface area contributed by atoms with Crippen molar-refractivity contribution in [2.75, 3.05) is 31.6 Å². The minimum atomic E-state index is -0.329. The van der Waals surface area contributed by atoms with Crippen molar-refractivity contribution >= 4 is 17.8 Å². The number of amides is 1. The number of anilines is 1. The van der Waals surface area contributed by atoms with Gasteiger partial charge in [0.1, 0.15) is 0 Å². The Morgan fingerprint density at radius 1 is 1.40 bits per heavy atom. The summed E-state index contributed by atoms with van der Waals surface area (Å²) in [5.74, 6) is -0.275. The van der Waals surface area contributed by atoms with Crippen LogP contribution in [-0.2, 0) is 14.3 Å². The van der Waals surface area contributed by atoms with E-state index >= 15 is 0 Å². The standard InChI is InChI=1S/C13H21N3O4/c1-4-6-16(9-13(18)19-5-2)8-11(17)14-12-7-10(3)15-20-12/h7H,4-6,8-9H2,1-3H3,(H,14,17). The molecule has 7 heteroatoms. The van der Waals surface area contributed by atoms with Crippen molar-refractivity contribution in [3.05, 3.63) is 11.8 Å². The van der Waals surface area contributed by atoms with Crippen LogP contribution in [0.5, 0.6) is 0 Å². The van der Waals surface area contributed by atoms with Crippen molar-refractivity contribution in [1.82, 2.24) is 10.1 Å². The highest BCUT2D eigenvalue weighted by Gasteiger charge is 2.15. The molecule has 7 nitrogen and oxygen atoms in total. The summed E-state index contributed by atoms with van der Waals surface area (Å²) in [7, 11) is 0. The van der Waals surface area contributed by atoms with E-state index in [1.807, 2.05) is 6.92 Å². The first-order chi connectivity index (χ1) is 9.55. The third kappa shape index (κ3) is 5.83. The zero-order chi connectivity index (χ0) is 15.0. The third-order valence-corrected chi connectivity index (χ3v) is 2.46. The molecular formula is C13H21N3O4. The number of hydrogen-bond acceptors (Lipinski definition) is 6. The monoisotopic (exact) mass is 283 g/mol. The third-order valence-electron chi connectivity index (χ3n) is 2.46. The Morgan fingerprint density at radius 2 is 2.15 bits per heavy atom. The average Bonchev–Trinajstić information content (AvgIpc) is 2.75. The van der Waals surface area contributed by atoms with Gasteiger partial charge in [-0.2, -0.15) is 0 Å². The van der Waals surface area contributed by atoms with Crippen LogP contribution in [0.2, 0.25) is 0 Å². The molecule has 1 aromatic rings. The van der Waals surface area contributed by atoms with Crippen LogP contribution >= 0.6 is 0 Å². The molecule has 112 valence electrons. The highest BCUT2D eigenvalue weighted by Crippen LogP contribution is 2.08. The second-order valence-electron chi connectivity index (χ2n) is 4.40. The summed E-state index contributed by atoms with van der Waals surface area (Å²) in [6.07, 6.45) is 0.841. The van der Waals surface area contributed by atoms with E-state index in [9.17, 15) is 9.59 Å². The maximum atomic E-state index is 11.9. The molecule has 0 aliphatic rings. The minimum Gasteiger partial charge on any atom is -0.465 e. The van der Waals surface area contributed by atoms with Crippen LogP contribution in [-0.4, -0.2) is 48.2 Å². The summed E-state index contributed by atoms with van der Waals surface area (Å²) in [6, 6.07) is 1.63. The summed E-state index contributed by atoms with van der Waals surface area (Å²) in [5.41, 5.74) is 0.692. The van der Waals surface area contributed by atoms with Gasteiger partial charge < -0.3 is 9.26 Å². The molecule has 1 rings (SSSR count). The van der Waals surface area contributed by atoms with Crippen molar-refractivity contribution < 1.29 is 18.8 Å². The van der Waals surface area contributed by atoms with Crippen molar-refractivity contribution in [3.63, 3.8) is 0 Å². The normalized spacial score (nSPS) is 10.6. The van der Waals surface area contributed by atoms with Gasteiger partial charge in [0.2, 0.25) is 11.8 Å². The van der Waals surface area contributed by atoms with Crippen LogP contribution in [0.3, 0.4) is 0 Å². The van der Waals surface area contributed by atoms with Gasteiger partial charge in [0.15, 0.2) is 0 Å². The number of rotatable bonds is 8. The van der Waals surface area contributed by atoms with E-state index in [2.05, 4.69) is 10.5 Å². The molecule has 0 aromatic carbocycles. The van der Waals surface area contributed by atoms with E-state index in [0.717, 1.165) is 6.42 Å². The second kappa shape index (κ2) is 8.31. The molecule has 0 atom stereocenters. The molecule has 0 saturated heterocycles. The van der Waals surface area contributed by atoms with E-state index < -0.39 is 0 Å². The molecular weight excluding hydrogens is 262 g/mol. The van der Waals surface area contributed by atoms with E-state index in [4.69, 9.17) is 9.26 Å². The van der Waals surface area contributed by atoms with Crippen LogP contribution < -0.4 is 5.32 Å². The Morgan fingerprint density at radius 3 is 2.70 bits per heavy atom. The van der Waals surface area contributed by atoms with Crippen molar-refractivity contribution in [1.29, 1.82) is 0 Å². The molecule has 0 saturated carbocycles. The average molecular weight is 283 g/mol. The topological polar surface area (TPSA) is 84.7 Å². The molecule has 1 amide bonds. The number of aromatic nitrogens is 1. The fraction of sp³-hybridized carbons (Fsp3) is 0.615. The van der Waals surface area contributed by atoms with Crippen LogP contribution in [0.15, 0.2) is 10.6 Å². The van der Waals surface area contributed by atoms with Gasteiger partial charge in [-0.25, -0.2) is 0 Å². The zero-order valence-electron chi connectivity index (χ0n) is 12.1. The lowest BCUT2D eigenvalue weighted by atomic mass is 10.3. The number of aryl methyl sites for hydroxylation is 1. The summed E-state index contributed by atoms with van der Waals surface area (Å²) < 4.78 is 9.79. The Bertz CT molecular complexity index is 445. The molecule has 1 N–H and O–H groups in total. The van der Waals surface area contributed by atoms with Gasteiger partial charge in [0.05, 0.1) is 25.4 Å². The number of hydrogen-bond donors (Lipinski definition) is 1. The first-order valence-electron chi connectivity index (χ1n) is 6.66. The second-order valence-corrected chi connectivity index (χ2v) is 4.40. The van der Waals surface area contributed by atoms with E-state index in [0.29, 0.717) is 24.7 Å². The SMILES string of the molecule is CCCN(CC(=O)Nc1cc(C)no1)CC(=O)OCC. The summed E-state index contributed by atoms with van der Waals surface area (Å²) in [6.45, 7) is 6.68. The highest BCUT2D eigenvalue weighted by molar-refractivity contribution is 5.91. The van der Waals surface area contributed by atoms with E-state index in [-0.39, 0.29) is 25.0 Å². The van der Waals surface area contributed by atoms with Gasteiger partial charge in [-0.05, 0) is 26.8 Å². The van der Waals surface area contributed by atoms with Crippen LogP contribution in [0, 0.1) is 6.92 Å². The van der Waals surface area contributed by atoms with Gasteiger partial charge in [0, 0.05) is 6.07 Å². The first-order valence-corrected chi connectivity index (χ1v) is 6.66. The maximum Gasteiger partial charge on any atom is 0.320 e. The quantitative estimate of drug-likeness (QED) is 0.722. The Labute approximate surface area is 118 Å². The lowest BCUT2D eigenvalue weighted by molar-refractivity contribution is -0.144. The fourth-order valence-electron chi connectivity index (χ4n) is 1.72. The minimum absolute atomic E-state index is 0.102. The van der Waals surface area contributed by atoms with Crippen LogP contribution in [0.1, 0.15) is 26.0 Å². The smallest absolute Gasteiger partial charge is 0.320 e. The molecule has 0 unspecified atom stereocenters. The molecule has 1 heterocycles. The van der Waals surface area contributed by atoms with Crippen molar-refractivity contribution in [2.45, 2.75) is 27.2 Å². The largest absolute Gasteiger partial charge is 0.465 e. The number of ether oxygens (including phenoxy) is 1. The number of esters is 1. The summed E-state index contributed by atoms with van der Waals surface area (Å²) >= 11 is 0. The predicted molar refractivity (Wildman–Crippen MR) is 73.2 cm³/mol. The van der Waals surface area contributed by atoms with Crippen molar-refractivity contribution in [3.8, 4) is 0 Å². The Kier molecular flexibility index (Phi) is 6.72. The first kappa shape index (κ1) is 16.2. The number of carbonyl (C=O) groups excluding carboxylic acids is 2. The van der Waals surface area contributed by atoms with Gasteiger partial charge in [0.25, 0.3) is 0 Å². The molecule has 1 aromatic heterocycles. The fourth-order valence-corrected chi connectivity index (χ4v) is 1.72. The molecule has 0 spiro atoms. The number of nitrogens with zero attached hydrogens (tertiary/aromatic N) is 2. The van der Waals surface area contributed by atoms with E-state index in [1.165, 1.54) is 0 Å². The lowest BCUT2D eigenvalue weighted by Gasteiger charge is -2.19. The molecule has 0 aliphatic heterocycles. The Hall–Kier alpha value is -1.89. The summed E-state index contributed by atoms with van der Waals surface area (Å²) in [4.78, 5) is 25.0. The predicted octanol–water partition coefficient (Wildman–Crippen LogP) is 1.20. The lowest BCUT2D eigenvalue weighted by Crippen LogP contribution is -2.38. The number of nitrogens with one attached hydrogen (secondary N) is 1. The molecule has 0 aliphatic carbocycles. The molecule has 0 bridgehead atoms. The molecule has 20 heavy (non-hydrogen) atoms. The molecule has 0 fully saturated rings. The van der Waals surface area contributed by atoms with Gasteiger partial charge >= 0.3 is 5.97 Å².